The fraction of sp³-hybridized carbons (Fsp3) is 0.133. The maximum absolute atomic E-state index is 12.2. The van der Waals surface area contributed by atoms with Crippen LogP contribution in [-0.2, 0) is 4.79 Å². The number of anilines is 1. The van der Waals surface area contributed by atoms with Crippen LogP contribution >= 0.6 is 50.9 Å². The van der Waals surface area contributed by atoms with Crippen LogP contribution in [0, 0.1) is 0 Å². The molecule has 2 aromatic carbocycles. The zero-order chi connectivity index (χ0) is 15.4. The summed E-state index contributed by atoms with van der Waals surface area (Å²) in [4.78, 5) is 12.9. The normalized spacial score (nSPS) is 12.0. The molecule has 2 aromatic rings. The van der Waals surface area contributed by atoms with Crippen LogP contribution in [0.15, 0.2) is 51.8 Å². The minimum Gasteiger partial charge on any atom is -0.325 e. The van der Waals surface area contributed by atoms with Crippen molar-refractivity contribution in [1.29, 1.82) is 0 Å². The quantitative estimate of drug-likeness (QED) is 0.645. The van der Waals surface area contributed by atoms with Gasteiger partial charge in [-0.1, -0.05) is 45.2 Å². The Bertz CT molecular complexity index is 628. The molecule has 0 aromatic heterocycles. The smallest absolute Gasteiger partial charge is 0.237 e. The van der Waals surface area contributed by atoms with Gasteiger partial charge < -0.3 is 5.32 Å². The Morgan fingerprint density at radius 2 is 1.71 bits per heavy atom. The molecule has 0 aliphatic heterocycles. The summed E-state index contributed by atoms with van der Waals surface area (Å²) in [6, 6.07) is 12.7. The molecule has 2 rings (SSSR count). The van der Waals surface area contributed by atoms with E-state index in [-0.39, 0.29) is 11.2 Å². The van der Waals surface area contributed by atoms with Gasteiger partial charge >= 0.3 is 0 Å². The standard InChI is InChI=1S/C15H12BrCl2NOS/c1-9(21-14-12(17)3-2-4-13(14)18)15(20)19-11-7-5-10(16)6-8-11/h2-9H,1H3,(H,19,20)/t9-/m1/s1. The van der Waals surface area contributed by atoms with Crippen molar-refractivity contribution in [3.63, 3.8) is 0 Å². The molecule has 0 aliphatic rings. The van der Waals surface area contributed by atoms with Crippen molar-refractivity contribution in [1.82, 2.24) is 0 Å². The number of carbonyl (C=O) groups excluding carboxylic acids is 1. The molecule has 0 unspecified atom stereocenters. The van der Waals surface area contributed by atoms with E-state index in [9.17, 15) is 4.79 Å². The summed E-state index contributed by atoms with van der Waals surface area (Å²) in [5.74, 6) is -0.0988. The summed E-state index contributed by atoms with van der Waals surface area (Å²) in [5, 5.41) is 3.65. The molecule has 21 heavy (non-hydrogen) atoms. The number of carbonyl (C=O) groups is 1. The molecule has 0 heterocycles. The molecule has 0 aliphatic carbocycles. The largest absolute Gasteiger partial charge is 0.325 e. The predicted octanol–water partition coefficient (Wildman–Crippen LogP) is 5.88. The molecule has 0 saturated heterocycles. The van der Waals surface area contributed by atoms with Crippen molar-refractivity contribution in [3.8, 4) is 0 Å². The maximum Gasteiger partial charge on any atom is 0.237 e. The van der Waals surface area contributed by atoms with Crippen LogP contribution in [0.3, 0.4) is 0 Å². The molecule has 0 spiro atoms. The molecule has 0 bridgehead atoms. The summed E-state index contributed by atoms with van der Waals surface area (Å²) in [7, 11) is 0. The Balaban J connectivity index is 2.04. The monoisotopic (exact) mass is 403 g/mol. The van der Waals surface area contributed by atoms with Crippen molar-refractivity contribution in [2.75, 3.05) is 5.32 Å². The Hall–Kier alpha value is -0.680. The highest BCUT2D eigenvalue weighted by Crippen LogP contribution is 2.36. The zero-order valence-electron chi connectivity index (χ0n) is 11.1. The number of benzene rings is 2. The Morgan fingerprint density at radius 1 is 1.14 bits per heavy atom. The van der Waals surface area contributed by atoms with Crippen LogP contribution in [0.5, 0.6) is 0 Å². The van der Waals surface area contributed by atoms with Crippen molar-refractivity contribution in [3.05, 3.63) is 57.0 Å². The van der Waals surface area contributed by atoms with Gasteiger partial charge in [0.05, 0.1) is 15.3 Å². The first-order valence-corrected chi connectivity index (χ1v) is 8.57. The van der Waals surface area contributed by atoms with Gasteiger partial charge in [-0.15, -0.1) is 11.8 Å². The number of rotatable bonds is 4. The summed E-state index contributed by atoms with van der Waals surface area (Å²) < 4.78 is 0.964. The minimum atomic E-state index is -0.314. The lowest BCUT2D eigenvalue weighted by atomic mass is 10.3. The SMILES string of the molecule is C[C@@H](Sc1c(Cl)cccc1Cl)C(=O)Nc1ccc(Br)cc1. The fourth-order valence-electron chi connectivity index (χ4n) is 1.60. The summed E-state index contributed by atoms with van der Waals surface area (Å²) in [6.07, 6.45) is 0. The molecule has 2 nitrogen and oxygen atoms in total. The van der Waals surface area contributed by atoms with Crippen LogP contribution in [0.4, 0.5) is 5.69 Å². The number of thioether (sulfide) groups is 1. The lowest BCUT2D eigenvalue weighted by molar-refractivity contribution is -0.115. The Labute approximate surface area is 146 Å². The van der Waals surface area contributed by atoms with E-state index in [4.69, 9.17) is 23.2 Å². The molecule has 1 atom stereocenters. The van der Waals surface area contributed by atoms with Crippen molar-refractivity contribution < 1.29 is 4.79 Å². The van der Waals surface area contributed by atoms with E-state index in [1.54, 1.807) is 18.2 Å². The third-order valence-electron chi connectivity index (χ3n) is 2.69. The molecule has 1 N–H and O–H groups in total. The summed E-state index contributed by atoms with van der Waals surface area (Å²) in [5.41, 5.74) is 0.751. The van der Waals surface area contributed by atoms with E-state index >= 15 is 0 Å². The number of nitrogens with one attached hydrogen (secondary N) is 1. The molecule has 110 valence electrons. The topological polar surface area (TPSA) is 29.1 Å². The third-order valence-corrected chi connectivity index (χ3v) is 5.32. The van der Waals surface area contributed by atoms with E-state index in [2.05, 4.69) is 21.2 Å². The zero-order valence-corrected chi connectivity index (χ0v) is 15.0. The van der Waals surface area contributed by atoms with Gasteiger partial charge in [0, 0.05) is 15.1 Å². The third kappa shape index (κ3) is 4.65. The average molecular weight is 405 g/mol. The van der Waals surface area contributed by atoms with Gasteiger partial charge in [-0.25, -0.2) is 0 Å². The number of hydrogen-bond donors (Lipinski definition) is 1. The van der Waals surface area contributed by atoms with Gasteiger partial charge in [0.2, 0.25) is 5.91 Å². The van der Waals surface area contributed by atoms with Crippen LogP contribution in [0.1, 0.15) is 6.92 Å². The van der Waals surface area contributed by atoms with Crippen LogP contribution < -0.4 is 5.32 Å². The lowest BCUT2D eigenvalue weighted by Gasteiger charge is -2.14. The van der Waals surface area contributed by atoms with Gasteiger partial charge in [0.25, 0.3) is 0 Å². The number of amides is 1. The maximum atomic E-state index is 12.2. The van der Waals surface area contributed by atoms with E-state index in [1.807, 2.05) is 31.2 Å². The second-order valence-electron chi connectivity index (χ2n) is 4.31. The Kier molecular flexibility index (Phi) is 5.99. The Morgan fingerprint density at radius 3 is 2.29 bits per heavy atom. The van der Waals surface area contributed by atoms with Gasteiger partial charge in [-0.3, -0.25) is 4.79 Å². The first-order valence-electron chi connectivity index (χ1n) is 6.14. The minimum absolute atomic E-state index is 0.0988. The average Bonchev–Trinajstić information content (AvgIpc) is 2.45. The molecule has 6 heteroatoms. The van der Waals surface area contributed by atoms with Gasteiger partial charge in [0.15, 0.2) is 0 Å². The highest BCUT2D eigenvalue weighted by atomic mass is 79.9. The van der Waals surface area contributed by atoms with Crippen molar-refractivity contribution in [2.45, 2.75) is 17.1 Å². The van der Waals surface area contributed by atoms with Crippen LogP contribution in [-0.4, -0.2) is 11.2 Å². The van der Waals surface area contributed by atoms with Gasteiger partial charge in [0.1, 0.15) is 0 Å². The van der Waals surface area contributed by atoms with E-state index in [0.29, 0.717) is 10.0 Å². The van der Waals surface area contributed by atoms with Crippen molar-refractivity contribution in [2.24, 2.45) is 0 Å². The highest BCUT2D eigenvalue weighted by Gasteiger charge is 2.17. The molecule has 0 radical (unpaired) electrons. The summed E-state index contributed by atoms with van der Waals surface area (Å²) >= 11 is 16.9. The van der Waals surface area contributed by atoms with Gasteiger partial charge in [-0.05, 0) is 43.3 Å². The van der Waals surface area contributed by atoms with Crippen molar-refractivity contribution >= 4 is 62.5 Å². The predicted molar refractivity (Wildman–Crippen MR) is 94.6 cm³/mol. The molecular weight excluding hydrogens is 393 g/mol. The van der Waals surface area contributed by atoms with E-state index in [1.165, 1.54) is 11.8 Å². The molecular formula is C15H12BrCl2NOS. The van der Waals surface area contributed by atoms with E-state index < -0.39 is 0 Å². The molecule has 0 fully saturated rings. The first-order chi connectivity index (χ1) is 9.97. The fourth-order valence-corrected chi connectivity index (χ4v) is 3.41. The van der Waals surface area contributed by atoms with Crippen LogP contribution in [0.25, 0.3) is 0 Å². The lowest BCUT2D eigenvalue weighted by Crippen LogP contribution is -2.22. The first kappa shape index (κ1) is 16.7. The highest BCUT2D eigenvalue weighted by molar-refractivity contribution is 9.10. The second-order valence-corrected chi connectivity index (χ2v) is 7.39. The van der Waals surface area contributed by atoms with E-state index in [0.717, 1.165) is 15.1 Å². The summed E-state index contributed by atoms with van der Waals surface area (Å²) in [6.45, 7) is 1.82. The number of hydrogen-bond acceptors (Lipinski definition) is 2. The molecule has 1 amide bonds. The molecule has 0 saturated carbocycles. The number of halogens is 3. The van der Waals surface area contributed by atoms with Gasteiger partial charge in [-0.2, -0.15) is 0 Å². The second kappa shape index (κ2) is 7.54. The van der Waals surface area contributed by atoms with Crippen LogP contribution in [0.2, 0.25) is 10.0 Å².